The van der Waals surface area contributed by atoms with E-state index in [1.54, 1.807) is 0 Å². The van der Waals surface area contributed by atoms with Crippen LogP contribution in [0.5, 0.6) is 0 Å². The predicted molar refractivity (Wildman–Crippen MR) is 58.2 cm³/mol. The molecule has 0 aromatic heterocycles. The summed E-state index contributed by atoms with van der Waals surface area (Å²) >= 11 is 2.16. The van der Waals surface area contributed by atoms with Gasteiger partial charge in [-0.3, -0.25) is 4.90 Å². The largest absolute Gasteiger partial charge is 0.300 e. The van der Waals surface area contributed by atoms with Gasteiger partial charge in [0, 0.05) is 12.6 Å². The highest BCUT2D eigenvalue weighted by molar-refractivity contribution is 7.99. The van der Waals surface area contributed by atoms with Crippen LogP contribution in [0, 0.1) is 5.41 Å². The highest BCUT2D eigenvalue weighted by Crippen LogP contribution is 2.45. The highest BCUT2D eigenvalue weighted by Gasteiger charge is 2.43. The van der Waals surface area contributed by atoms with Crippen molar-refractivity contribution < 1.29 is 0 Å². The smallest absolute Gasteiger partial charge is 0.00966 e. The second-order valence-corrected chi connectivity index (χ2v) is 6.29. The summed E-state index contributed by atoms with van der Waals surface area (Å²) in [6.45, 7) is 2.85. The van der Waals surface area contributed by atoms with Gasteiger partial charge in [0.1, 0.15) is 0 Å². The Balaban J connectivity index is 1.64. The average molecular weight is 197 g/mol. The minimum Gasteiger partial charge on any atom is -0.300 e. The van der Waals surface area contributed by atoms with Gasteiger partial charge in [0.25, 0.3) is 0 Å². The molecule has 1 spiro atoms. The molecule has 3 fully saturated rings. The first-order valence-corrected chi connectivity index (χ1v) is 6.85. The van der Waals surface area contributed by atoms with Gasteiger partial charge in [-0.15, -0.1) is 0 Å². The van der Waals surface area contributed by atoms with E-state index in [1.165, 1.54) is 56.7 Å². The van der Waals surface area contributed by atoms with Crippen LogP contribution in [-0.4, -0.2) is 35.5 Å². The molecule has 0 atom stereocenters. The average Bonchev–Trinajstić information content (AvgIpc) is 2.93. The summed E-state index contributed by atoms with van der Waals surface area (Å²) in [7, 11) is 0. The summed E-state index contributed by atoms with van der Waals surface area (Å²) in [6, 6.07) is 1.01. The fraction of sp³-hybridized carbons (Fsp3) is 1.00. The summed E-state index contributed by atoms with van der Waals surface area (Å²) in [5.74, 6) is 2.86. The molecule has 0 aromatic carbocycles. The van der Waals surface area contributed by atoms with Crippen LogP contribution in [-0.2, 0) is 0 Å². The fourth-order valence-corrected chi connectivity index (χ4v) is 4.29. The van der Waals surface area contributed by atoms with Crippen molar-refractivity contribution in [3.8, 4) is 0 Å². The molecular weight excluding hydrogens is 178 g/mol. The summed E-state index contributed by atoms with van der Waals surface area (Å²) in [4.78, 5) is 2.77. The molecule has 1 aliphatic carbocycles. The van der Waals surface area contributed by atoms with Gasteiger partial charge in [-0.2, -0.15) is 11.8 Å². The Bertz CT molecular complexity index is 194. The van der Waals surface area contributed by atoms with E-state index in [9.17, 15) is 0 Å². The van der Waals surface area contributed by atoms with Crippen molar-refractivity contribution >= 4 is 11.8 Å². The Labute approximate surface area is 85.3 Å². The zero-order valence-corrected chi connectivity index (χ0v) is 9.11. The zero-order chi connectivity index (χ0) is 8.73. The van der Waals surface area contributed by atoms with Gasteiger partial charge >= 0.3 is 0 Å². The minimum atomic E-state index is 0.772. The number of nitrogens with zero attached hydrogens (tertiary/aromatic N) is 1. The number of rotatable bonds is 1. The molecule has 0 unspecified atom stereocenters. The molecule has 3 aliphatic rings. The van der Waals surface area contributed by atoms with E-state index in [-0.39, 0.29) is 0 Å². The van der Waals surface area contributed by atoms with E-state index in [1.807, 2.05) is 0 Å². The molecular formula is C11H19NS. The van der Waals surface area contributed by atoms with Crippen molar-refractivity contribution in [3.63, 3.8) is 0 Å². The second kappa shape index (κ2) is 3.16. The van der Waals surface area contributed by atoms with Crippen molar-refractivity contribution in [1.29, 1.82) is 0 Å². The lowest BCUT2D eigenvalue weighted by Crippen LogP contribution is -2.31. The van der Waals surface area contributed by atoms with Gasteiger partial charge in [0.05, 0.1) is 0 Å². The molecule has 1 nitrogen and oxygen atoms in total. The maximum atomic E-state index is 2.77. The first-order chi connectivity index (χ1) is 6.38. The molecule has 0 radical (unpaired) electrons. The lowest BCUT2D eigenvalue weighted by Gasteiger charge is -2.33. The standard InChI is InChI=1S/C11H19NS/c1-2-10(1)12-6-3-11(9-12)4-7-13-8-5-11/h10H,1-9H2. The van der Waals surface area contributed by atoms with Crippen LogP contribution in [0.2, 0.25) is 0 Å². The van der Waals surface area contributed by atoms with Crippen molar-refractivity contribution in [1.82, 2.24) is 4.90 Å². The summed E-state index contributed by atoms with van der Waals surface area (Å²) in [5, 5.41) is 0. The van der Waals surface area contributed by atoms with Gasteiger partial charge in [-0.1, -0.05) is 0 Å². The maximum absolute atomic E-state index is 2.77. The van der Waals surface area contributed by atoms with Crippen molar-refractivity contribution in [2.45, 2.75) is 38.1 Å². The van der Waals surface area contributed by atoms with Crippen LogP contribution in [0.4, 0.5) is 0 Å². The molecule has 2 aliphatic heterocycles. The van der Waals surface area contributed by atoms with Gasteiger partial charge in [-0.05, 0) is 55.6 Å². The number of thioether (sulfide) groups is 1. The van der Waals surface area contributed by atoms with E-state index >= 15 is 0 Å². The topological polar surface area (TPSA) is 3.24 Å². The molecule has 0 bridgehead atoms. The number of likely N-dealkylation sites (tertiary alicyclic amines) is 1. The second-order valence-electron chi connectivity index (χ2n) is 5.06. The molecule has 0 N–H and O–H groups in total. The van der Waals surface area contributed by atoms with Crippen molar-refractivity contribution in [3.05, 3.63) is 0 Å². The number of hydrogen-bond acceptors (Lipinski definition) is 2. The third-order valence-corrected chi connectivity index (χ3v) is 5.07. The highest BCUT2D eigenvalue weighted by atomic mass is 32.2. The third kappa shape index (κ3) is 1.63. The molecule has 2 heterocycles. The van der Waals surface area contributed by atoms with Crippen LogP contribution in [0.1, 0.15) is 32.1 Å². The fourth-order valence-electron chi connectivity index (χ4n) is 2.93. The molecule has 0 amide bonds. The molecule has 1 saturated carbocycles. The quantitative estimate of drug-likeness (QED) is 0.635. The van der Waals surface area contributed by atoms with E-state index in [2.05, 4.69) is 16.7 Å². The predicted octanol–water partition coefficient (Wildman–Crippen LogP) is 2.37. The van der Waals surface area contributed by atoms with Gasteiger partial charge in [0.2, 0.25) is 0 Å². The van der Waals surface area contributed by atoms with E-state index in [4.69, 9.17) is 0 Å². The van der Waals surface area contributed by atoms with E-state index < -0.39 is 0 Å². The summed E-state index contributed by atoms with van der Waals surface area (Å²) in [5.41, 5.74) is 0.772. The Morgan fingerprint density at radius 1 is 1.08 bits per heavy atom. The SMILES string of the molecule is C1CC2(CCS1)CCN(C1CC1)C2. The normalized spacial score (nSPS) is 34.2. The molecule has 2 heteroatoms. The monoisotopic (exact) mass is 197 g/mol. The Morgan fingerprint density at radius 3 is 2.54 bits per heavy atom. The third-order valence-electron chi connectivity index (χ3n) is 4.08. The first-order valence-electron chi connectivity index (χ1n) is 5.70. The zero-order valence-electron chi connectivity index (χ0n) is 8.30. The Hall–Kier alpha value is 0.310. The van der Waals surface area contributed by atoms with Gasteiger partial charge in [-0.25, -0.2) is 0 Å². The first kappa shape index (κ1) is 8.60. The van der Waals surface area contributed by atoms with Crippen molar-refractivity contribution in [2.24, 2.45) is 5.41 Å². The van der Waals surface area contributed by atoms with Gasteiger partial charge in [0.15, 0.2) is 0 Å². The van der Waals surface area contributed by atoms with E-state index in [0.29, 0.717) is 0 Å². The Kier molecular flexibility index (Phi) is 2.09. The van der Waals surface area contributed by atoms with E-state index in [0.717, 1.165) is 11.5 Å². The Morgan fingerprint density at radius 2 is 1.85 bits per heavy atom. The molecule has 13 heavy (non-hydrogen) atoms. The van der Waals surface area contributed by atoms with Gasteiger partial charge < -0.3 is 0 Å². The summed E-state index contributed by atoms with van der Waals surface area (Å²) < 4.78 is 0. The lowest BCUT2D eigenvalue weighted by atomic mass is 9.81. The lowest BCUT2D eigenvalue weighted by molar-refractivity contribution is 0.234. The molecule has 74 valence electrons. The maximum Gasteiger partial charge on any atom is 0.00966 e. The number of hydrogen-bond donors (Lipinski definition) is 0. The minimum absolute atomic E-state index is 0.772. The molecule has 2 saturated heterocycles. The van der Waals surface area contributed by atoms with Crippen LogP contribution in [0.15, 0.2) is 0 Å². The van der Waals surface area contributed by atoms with Crippen LogP contribution >= 0.6 is 11.8 Å². The van der Waals surface area contributed by atoms with Crippen LogP contribution in [0.25, 0.3) is 0 Å². The van der Waals surface area contributed by atoms with Crippen molar-refractivity contribution in [2.75, 3.05) is 24.6 Å². The molecule has 3 rings (SSSR count). The molecule has 0 aromatic rings. The van der Waals surface area contributed by atoms with Crippen LogP contribution < -0.4 is 0 Å². The summed E-state index contributed by atoms with van der Waals surface area (Å²) in [6.07, 6.45) is 7.49. The van der Waals surface area contributed by atoms with Crippen LogP contribution in [0.3, 0.4) is 0 Å².